The van der Waals surface area contributed by atoms with Crippen LogP contribution >= 0.6 is 0 Å². The summed E-state index contributed by atoms with van der Waals surface area (Å²) in [5, 5.41) is 7.05. The molecule has 0 N–H and O–H groups in total. The second-order valence-corrected chi connectivity index (χ2v) is 19.7. The molecule has 0 aliphatic rings. The highest BCUT2D eigenvalue weighted by atomic mass is 28.3. The van der Waals surface area contributed by atoms with Gasteiger partial charge >= 0.3 is 0 Å². The fourth-order valence-corrected chi connectivity index (χ4v) is 14.9. The molecule has 10 aromatic carbocycles. The van der Waals surface area contributed by atoms with Crippen molar-refractivity contribution in [1.29, 1.82) is 0 Å². The summed E-state index contributed by atoms with van der Waals surface area (Å²) in [6, 6.07) is 70.8. The SMILES string of the molecule is [2H]c1c([2H])c([2H])c2c(c1[2H])c1c(-n3c4ccccc4c4c([Si](c5ccccc5)(c5ccccc5)c5cccc(-c6ccccc6)c5)cccc43)c([2H])c([2H])c([2H])c1n2-c1cccc(-c2ccccc2)c1. The summed E-state index contributed by atoms with van der Waals surface area (Å²) >= 11 is 0. The lowest BCUT2D eigenvalue weighted by Crippen LogP contribution is -2.74. The minimum absolute atomic E-state index is 0.172. The van der Waals surface area contributed by atoms with Gasteiger partial charge in [-0.05, 0) is 85.4 Å². The van der Waals surface area contributed by atoms with Crippen LogP contribution in [0.2, 0.25) is 0 Å². The molecule has 0 unspecified atom stereocenters. The van der Waals surface area contributed by atoms with Gasteiger partial charge in [-0.15, -0.1) is 0 Å². The molecule has 0 aliphatic carbocycles. The van der Waals surface area contributed by atoms with E-state index in [-0.39, 0.29) is 52.3 Å². The van der Waals surface area contributed by atoms with Crippen LogP contribution in [-0.2, 0) is 0 Å². The predicted octanol–water partition coefficient (Wildman–Crippen LogP) is 12.6. The third-order valence-corrected chi connectivity index (χ3v) is 17.4. The van der Waals surface area contributed by atoms with Crippen molar-refractivity contribution in [3.8, 4) is 33.6 Å². The fourth-order valence-electron chi connectivity index (χ4n) is 9.92. The number of rotatable bonds is 8. The third-order valence-electron chi connectivity index (χ3n) is 12.6. The first-order valence-corrected chi connectivity index (χ1v) is 23.2. The van der Waals surface area contributed by atoms with E-state index in [1.165, 1.54) is 15.6 Å². The van der Waals surface area contributed by atoms with Crippen molar-refractivity contribution in [3.05, 3.63) is 255 Å². The van der Waals surface area contributed by atoms with Crippen LogP contribution in [0.3, 0.4) is 0 Å². The first kappa shape index (κ1) is 30.1. The van der Waals surface area contributed by atoms with E-state index < -0.39 is 20.2 Å². The van der Waals surface area contributed by atoms with E-state index in [9.17, 15) is 6.85 Å². The lowest BCUT2D eigenvalue weighted by Gasteiger charge is -2.35. The Morgan fingerprint density at radius 1 is 0.333 bits per heavy atom. The van der Waals surface area contributed by atoms with E-state index >= 15 is 0 Å². The summed E-state index contributed by atoms with van der Waals surface area (Å²) in [6.07, 6.45) is 0. The van der Waals surface area contributed by atoms with E-state index in [0.29, 0.717) is 11.1 Å². The Kier molecular flexibility index (Phi) is 7.25. The molecule has 296 valence electrons. The molecule has 0 fully saturated rings. The second kappa shape index (κ2) is 15.2. The Balaban J connectivity index is 1.25. The molecule has 0 atom stereocenters. The molecular weight excluding hydrogens is 777 g/mol. The van der Waals surface area contributed by atoms with Gasteiger partial charge in [-0.3, -0.25) is 0 Å². The molecule has 2 heterocycles. The predicted molar refractivity (Wildman–Crippen MR) is 270 cm³/mol. The van der Waals surface area contributed by atoms with Gasteiger partial charge < -0.3 is 9.13 Å². The molecule has 0 bridgehead atoms. The monoisotopic (exact) mass is 825 g/mol. The Bertz CT molecular complexity index is 3980. The maximum atomic E-state index is 9.97. The van der Waals surface area contributed by atoms with Gasteiger partial charge in [0, 0.05) is 27.2 Å². The zero-order valence-corrected chi connectivity index (χ0v) is 35.1. The number of nitrogens with zero attached hydrogens (tertiary/aromatic N) is 2. The van der Waals surface area contributed by atoms with Crippen LogP contribution in [0.4, 0.5) is 0 Å². The molecule has 3 heteroatoms. The Morgan fingerprint density at radius 2 is 0.873 bits per heavy atom. The maximum Gasteiger partial charge on any atom is 0.180 e. The highest BCUT2D eigenvalue weighted by Gasteiger charge is 2.43. The van der Waals surface area contributed by atoms with Gasteiger partial charge in [-0.2, -0.15) is 0 Å². The lowest BCUT2D eigenvalue weighted by atomic mass is 10.1. The van der Waals surface area contributed by atoms with Crippen molar-refractivity contribution in [2.75, 3.05) is 0 Å². The van der Waals surface area contributed by atoms with Crippen LogP contribution < -0.4 is 20.7 Å². The highest BCUT2D eigenvalue weighted by Crippen LogP contribution is 2.40. The van der Waals surface area contributed by atoms with Gasteiger partial charge in [-0.25, -0.2) is 0 Å². The second-order valence-electron chi connectivity index (χ2n) is 15.9. The molecule has 0 spiro atoms. The minimum Gasteiger partial charge on any atom is -0.309 e. The van der Waals surface area contributed by atoms with Gasteiger partial charge in [0.15, 0.2) is 8.07 Å². The van der Waals surface area contributed by atoms with Crippen LogP contribution in [0.1, 0.15) is 9.60 Å². The van der Waals surface area contributed by atoms with Crippen molar-refractivity contribution < 1.29 is 9.60 Å². The summed E-state index contributed by atoms with van der Waals surface area (Å²) < 4.78 is 70.1. The number of hydrogen-bond donors (Lipinski definition) is 0. The molecule has 12 aromatic rings. The molecular formula is C60H42N2Si. The van der Waals surface area contributed by atoms with Gasteiger partial charge in [0.1, 0.15) is 0 Å². The first-order chi connectivity index (χ1) is 34.2. The van der Waals surface area contributed by atoms with Gasteiger partial charge in [-0.1, -0.05) is 212 Å². The van der Waals surface area contributed by atoms with Gasteiger partial charge in [0.25, 0.3) is 0 Å². The number of fused-ring (bicyclic) bond motifs is 6. The fraction of sp³-hybridized carbons (Fsp3) is 0. The largest absolute Gasteiger partial charge is 0.309 e. The summed E-state index contributed by atoms with van der Waals surface area (Å²) in [4.78, 5) is 0. The van der Waals surface area contributed by atoms with Crippen molar-refractivity contribution >= 4 is 72.4 Å². The van der Waals surface area contributed by atoms with Gasteiger partial charge in [0.05, 0.1) is 37.3 Å². The normalized spacial score (nSPS) is 13.4. The number of para-hydroxylation sites is 2. The molecule has 0 amide bonds. The number of hydrogen-bond acceptors (Lipinski definition) is 0. The van der Waals surface area contributed by atoms with E-state index in [2.05, 4.69) is 133 Å². The smallest absolute Gasteiger partial charge is 0.180 e. The summed E-state index contributed by atoms with van der Waals surface area (Å²) in [5.74, 6) is 0. The number of aromatic nitrogens is 2. The molecule has 0 aliphatic heterocycles. The molecule has 0 radical (unpaired) electrons. The van der Waals surface area contributed by atoms with Gasteiger partial charge in [0.2, 0.25) is 0 Å². The summed E-state index contributed by atoms with van der Waals surface area (Å²) in [6.45, 7) is 0. The van der Waals surface area contributed by atoms with Crippen LogP contribution in [0, 0.1) is 0 Å². The lowest BCUT2D eigenvalue weighted by molar-refractivity contribution is 1.17. The van der Waals surface area contributed by atoms with Crippen LogP contribution in [-0.4, -0.2) is 17.2 Å². The average Bonchev–Trinajstić information content (AvgIpc) is 3.95. The summed E-state index contributed by atoms with van der Waals surface area (Å²) in [5.41, 5.74) is 6.79. The molecule has 2 nitrogen and oxygen atoms in total. The van der Waals surface area contributed by atoms with Crippen LogP contribution in [0.5, 0.6) is 0 Å². The summed E-state index contributed by atoms with van der Waals surface area (Å²) in [7, 11) is -3.30. The zero-order valence-electron chi connectivity index (χ0n) is 41.1. The van der Waals surface area contributed by atoms with Crippen molar-refractivity contribution in [3.63, 3.8) is 0 Å². The molecule has 63 heavy (non-hydrogen) atoms. The molecule has 0 saturated heterocycles. The Hall–Kier alpha value is -7.98. The van der Waals surface area contributed by atoms with E-state index in [1.54, 1.807) is 4.57 Å². The standard InChI is InChI=1S/C60H42N2Si/c1-5-21-43(22-6-1)45-25-17-27-47(41-45)61-53-35-15-13-33-51(53)59-55(61)37-19-38-56(59)62-54-36-16-14-34-52(54)60-57(62)39-20-40-58(60)63(48-28-9-3-10-29-48,49-30-11-4-12-31-49)50-32-18-26-46(42-50)44-23-7-2-8-24-44/h1-42H/i13D,15D,19D,33D,35D,37D,38D. The molecule has 0 saturated carbocycles. The number of benzene rings is 10. The Morgan fingerprint density at radius 3 is 1.59 bits per heavy atom. The minimum atomic E-state index is -3.30. The van der Waals surface area contributed by atoms with E-state index in [4.69, 9.17) is 2.74 Å². The van der Waals surface area contributed by atoms with Crippen molar-refractivity contribution in [2.24, 2.45) is 0 Å². The quantitative estimate of drug-likeness (QED) is 0.107. The zero-order chi connectivity index (χ0) is 47.8. The first-order valence-electron chi connectivity index (χ1n) is 24.7. The highest BCUT2D eigenvalue weighted by molar-refractivity contribution is 7.20. The van der Waals surface area contributed by atoms with E-state index in [0.717, 1.165) is 49.2 Å². The van der Waals surface area contributed by atoms with Crippen LogP contribution in [0.15, 0.2) is 255 Å². The average molecular weight is 826 g/mol. The van der Waals surface area contributed by atoms with Crippen molar-refractivity contribution in [2.45, 2.75) is 0 Å². The Labute approximate surface area is 378 Å². The van der Waals surface area contributed by atoms with Crippen molar-refractivity contribution in [1.82, 2.24) is 9.13 Å². The van der Waals surface area contributed by atoms with Crippen LogP contribution in [0.25, 0.3) is 77.2 Å². The maximum absolute atomic E-state index is 9.97. The van der Waals surface area contributed by atoms with E-state index in [1.807, 2.05) is 83.4 Å². The third kappa shape index (κ3) is 5.85. The topological polar surface area (TPSA) is 9.86 Å². The molecule has 2 aromatic heterocycles. The molecule has 12 rings (SSSR count).